The molecule has 0 aliphatic heterocycles. The minimum Gasteiger partial charge on any atom is -0.456 e. The first-order valence-electron chi connectivity index (χ1n) is 20.3. The molecule has 5 nitrogen and oxygen atoms in total. The predicted octanol–water partition coefficient (Wildman–Crippen LogP) is 14.9. The lowest BCUT2D eigenvalue weighted by Gasteiger charge is -2.25. The lowest BCUT2D eigenvalue weighted by Crippen LogP contribution is -2.16. The molecule has 0 N–H and O–H groups in total. The Morgan fingerprint density at radius 1 is 0.467 bits per heavy atom. The van der Waals surface area contributed by atoms with Gasteiger partial charge >= 0.3 is 0 Å². The Morgan fingerprint density at radius 3 is 1.95 bits per heavy atom. The highest BCUT2D eigenvalue weighted by Crippen LogP contribution is 2.52. The minimum atomic E-state index is -0.187. The number of fused-ring (bicyclic) bond motifs is 9. The monoisotopic (exact) mass is 788 g/mol. The molecule has 60 heavy (non-hydrogen) atoms. The van der Waals surface area contributed by atoms with Gasteiger partial charge in [0.1, 0.15) is 11.2 Å². The number of thiophene rings is 1. The number of anilines is 3. The quantitative estimate of drug-likeness (QED) is 0.168. The summed E-state index contributed by atoms with van der Waals surface area (Å²) >= 11 is 1.81. The molecule has 3 aromatic heterocycles. The van der Waals surface area contributed by atoms with Gasteiger partial charge in [0.05, 0.1) is 0 Å². The van der Waals surface area contributed by atoms with Crippen LogP contribution in [0.4, 0.5) is 17.3 Å². The van der Waals surface area contributed by atoms with E-state index in [0.717, 1.165) is 61.1 Å². The molecule has 1 aliphatic rings. The number of aromatic nitrogens is 3. The van der Waals surface area contributed by atoms with Crippen LogP contribution in [-0.4, -0.2) is 15.0 Å². The smallest absolute Gasteiger partial charge is 0.238 e. The van der Waals surface area contributed by atoms with Gasteiger partial charge < -0.3 is 4.42 Å². The van der Waals surface area contributed by atoms with E-state index in [0.29, 0.717) is 17.6 Å². The first kappa shape index (κ1) is 34.6. The van der Waals surface area contributed by atoms with Gasteiger partial charge in [-0.15, -0.1) is 11.3 Å². The Hall–Kier alpha value is -7.41. The Bertz CT molecular complexity index is 3480. The van der Waals surface area contributed by atoms with Crippen LogP contribution >= 0.6 is 11.3 Å². The van der Waals surface area contributed by atoms with Crippen molar-refractivity contribution in [2.24, 2.45) is 0 Å². The molecule has 0 saturated heterocycles. The molecule has 0 bridgehead atoms. The number of hydrogen-bond acceptors (Lipinski definition) is 6. The summed E-state index contributed by atoms with van der Waals surface area (Å²) in [6, 6.07) is 64.2. The van der Waals surface area contributed by atoms with E-state index in [4.69, 9.17) is 19.4 Å². The predicted molar refractivity (Wildman–Crippen MR) is 249 cm³/mol. The lowest BCUT2D eigenvalue weighted by atomic mass is 9.82. The van der Waals surface area contributed by atoms with Crippen LogP contribution in [-0.2, 0) is 5.41 Å². The Balaban J connectivity index is 1.15. The fourth-order valence-corrected chi connectivity index (χ4v) is 10.4. The third kappa shape index (κ3) is 5.34. The summed E-state index contributed by atoms with van der Waals surface area (Å²) in [4.78, 5) is 18.6. The van der Waals surface area contributed by atoms with E-state index < -0.39 is 0 Å². The van der Waals surface area contributed by atoms with Gasteiger partial charge in [-0.25, -0.2) is 4.98 Å². The fraction of sp³-hybridized carbons (Fsp3) is 0.0556. The average Bonchev–Trinajstić information content (AvgIpc) is 3.94. The third-order valence-electron chi connectivity index (χ3n) is 12.2. The first-order valence-corrected chi connectivity index (χ1v) is 21.1. The normalized spacial score (nSPS) is 13.0. The van der Waals surface area contributed by atoms with Crippen molar-refractivity contribution >= 4 is 70.8 Å². The van der Waals surface area contributed by atoms with Gasteiger partial charge in [-0.2, -0.15) is 9.97 Å². The van der Waals surface area contributed by atoms with Crippen molar-refractivity contribution in [2.45, 2.75) is 19.3 Å². The third-order valence-corrected chi connectivity index (χ3v) is 13.3. The van der Waals surface area contributed by atoms with Crippen molar-refractivity contribution in [2.75, 3.05) is 4.90 Å². The number of hydrogen-bond donors (Lipinski definition) is 0. The zero-order valence-corrected chi connectivity index (χ0v) is 33.7. The summed E-state index contributed by atoms with van der Waals surface area (Å²) in [5, 5.41) is 4.43. The zero-order chi connectivity index (χ0) is 40.0. The van der Waals surface area contributed by atoms with Crippen LogP contribution in [0, 0.1) is 0 Å². The van der Waals surface area contributed by atoms with Crippen LogP contribution in [0.1, 0.15) is 25.0 Å². The zero-order valence-electron chi connectivity index (χ0n) is 32.9. The largest absolute Gasteiger partial charge is 0.456 e. The van der Waals surface area contributed by atoms with Crippen molar-refractivity contribution in [1.29, 1.82) is 0 Å². The number of furan rings is 1. The van der Waals surface area contributed by atoms with E-state index in [9.17, 15) is 0 Å². The van der Waals surface area contributed by atoms with Crippen LogP contribution in [0.3, 0.4) is 0 Å². The van der Waals surface area contributed by atoms with Gasteiger partial charge in [-0.3, -0.25) is 4.90 Å². The van der Waals surface area contributed by atoms with E-state index in [1.807, 2.05) is 41.7 Å². The van der Waals surface area contributed by atoms with E-state index in [1.165, 1.54) is 36.9 Å². The second-order valence-electron chi connectivity index (χ2n) is 16.0. The van der Waals surface area contributed by atoms with Gasteiger partial charge in [0.25, 0.3) is 0 Å². The summed E-state index contributed by atoms with van der Waals surface area (Å²) in [5.41, 5.74) is 12.4. The Labute approximate surface area is 350 Å². The highest BCUT2D eigenvalue weighted by molar-refractivity contribution is 7.25. The van der Waals surface area contributed by atoms with Crippen LogP contribution in [0.25, 0.3) is 87.1 Å². The summed E-state index contributed by atoms with van der Waals surface area (Å²) in [6.45, 7) is 4.61. The number of para-hydroxylation sites is 1. The van der Waals surface area contributed by atoms with Gasteiger partial charge in [-0.05, 0) is 81.9 Å². The van der Waals surface area contributed by atoms with E-state index >= 15 is 0 Å². The average molecular weight is 789 g/mol. The fourth-order valence-electron chi connectivity index (χ4n) is 9.27. The Kier molecular flexibility index (Phi) is 7.68. The molecule has 0 fully saturated rings. The number of nitrogens with zero attached hydrogens (tertiary/aromatic N) is 4. The topological polar surface area (TPSA) is 55.1 Å². The highest BCUT2D eigenvalue weighted by atomic mass is 32.1. The molecule has 0 amide bonds. The number of rotatable bonds is 6. The summed E-state index contributed by atoms with van der Waals surface area (Å²) in [5.74, 6) is 1.70. The van der Waals surface area contributed by atoms with E-state index in [-0.39, 0.29) is 5.41 Å². The molecule has 6 heteroatoms. The molecule has 0 atom stereocenters. The first-order chi connectivity index (χ1) is 29.5. The van der Waals surface area contributed by atoms with Crippen LogP contribution in [0.15, 0.2) is 186 Å². The highest BCUT2D eigenvalue weighted by Gasteiger charge is 2.37. The van der Waals surface area contributed by atoms with Gasteiger partial charge in [0.15, 0.2) is 11.6 Å². The molecule has 1 aliphatic carbocycles. The molecule has 0 saturated carbocycles. The SMILES string of the molecule is CC1(C)c2ccccc2-c2c(-c3nc(-c4cccc5oc6ccccc6c45)nc(N(c4ccc(-c5ccccc5)cc4)c4ccc5sc6ccccc6c5c4)n3)cccc21. The van der Waals surface area contributed by atoms with Crippen LogP contribution in [0.2, 0.25) is 0 Å². The van der Waals surface area contributed by atoms with Crippen molar-refractivity contribution < 1.29 is 4.42 Å². The maximum atomic E-state index is 6.40. The molecule has 0 unspecified atom stereocenters. The van der Waals surface area contributed by atoms with Crippen molar-refractivity contribution in [3.05, 3.63) is 193 Å². The molecular formula is C54H36N4OS. The van der Waals surface area contributed by atoms with Gasteiger partial charge in [-0.1, -0.05) is 147 Å². The minimum absolute atomic E-state index is 0.187. The van der Waals surface area contributed by atoms with Crippen LogP contribution < -0.4 is 4.90 Å². The van der Waals surface area contributed by atoms with Gasteiger partial charge in [0, 0.05) is 58.9 Å². The molecule has 0 spiro atoms. The molecule has 8 aromatic carbocycles. The molecule has 11 aromatic rings. The maximum absolute atomic E-state index is 6.40. The lowest BCUT2D eigenvalue weighted by molar-refractivity contribution is 0.660. The maximum Gasteiger partial charge on any atom is 0.238 e. The molecule has 284 valence electrons. The molecule has 0 radical (unpaired) electrons. The van der Waals surface area contributed by atoms with Crippen LogP contribution in [0.5, 0.6) is 0 Å². The standard InChI is InChI=1S/C54H36N4OS/c1-54(2)43-21-9-6-17-38(43)49-40(19-12-22-44(49)54)51-55-52(41-20-13-24-46-50(41)39-18-7-10-23-45(39)59-46)57-53(56-51)58(35-28-26-34(27-29-35)33-14-4-3-5-15-33)36-30-31-48-42(32-36)37-16-8-11-25-47(37)60-48/h3-32H,1-2H3. The van der Waals surface area contributed by atoms with Crippen molar-refractivity contribution in [1.82, 2.24) is 15.0 Å². The van der Waals surface area contributed by atoms with Gasteiger partial charge in [0.2, 0.25) is 5.95 Å². The van der Waals surface area contributed by atoms with Crippen molar-refractivity contribution in [3.63, 3.8) is 0 Å². The molecular weight excluding hydrogens is 753 g/mol. The van der Waals surface area contributed by atoms with E-state index in [1.54, 1.807) is 0 Å². The van der Waals surface area contributed by atoms with E-state index in [2.05, 4.69) is 170 Å². The molecule has 12 rings (SSSR count). The summed E-state index contributed by atoms with van der Waals surface area (Å²) in [6.07, 6.45) is 0. The summed E-state index contributed by atoms with van der Waals surface area (Å²) < 4.78 is 8.90. The molecule has 3 heterocycles. The Morgan fingerprint density at radius 2 is 1.08 bits per heavy atom. The second kappa shape index (κ2) is 13.3. The number of benzene rings is 8. The second-order valence-corrected chi connectivity index (χ2v) is 17.1. The summed E-state index contributed by atoms with van der Waals surface area (Å²) in [7, 11) is 0. The van der Waals surface area contributed by atoms with Crippen molar-refractivity contribution in [3.8, 4) is 45.0 Å².